The summed E-state index contributed by atoms with van der Waals surface area (Å²) in [5.41, 5.74) is -0.221. The minimum absolute atomic E-state index is 0.0187. The zero-order chi connectivity index (χ0) is 17.9. The van der Waals surface area contributed by atoms with Crippen LogP contribution in [0, 0.1) is 5.92 Å². The zero-order valence-corrected chi connectivity index (χ0v) is 15.3. The number of aliphatic hydroxyl groups is 1. The van der Waals surface area contributed by atoms with E-state index in [1.165, 1.54) is 6.42 Å². The van der Waals surface area contributed by atoms with Crippen molar-refractivity contribution in [3.63, 3.8) is 0 Å². The minimum atomic E-state index is -0.901. The van der Waals surface area contributed by atoms with Crippen molar-refractivity contribution >= 4 is 0 Å². The molecule has 5 atom stereocenters. The zero-order valence-electron chi connectivity index (χ0n) is 15.3. The van der Waals surface area contributed by atoms with Crippen molar-refractivity contribution in [2.24, 2.45) is 5.92 Å². The normalized spacial score (nSPS) is 37.7. The van der Waals surface area contributed by atoms with E-state index in [4.69, 9.17) is 18.7 Å². The summed E-state index contributed by atoms with van der Waals surface area (Å²) in [6, 6.07) is 0.0435. The first-order valence-electron chi connectivity index (χ1n) is 9.69. The van der Waals surface area contributed by atoms with Crippen molar-refractivity contribution in [2.75, 3.05) is 26.8 Å². The van der Waals surface area contributed by atoms with E-state index in [0.717, 1.165) is 43.9 Å². The monoisotopic (exact) mass is 362 g/mol. The summed E-state index contributed by atoms with van der Waals surface area (Å²) >= 11 is 0. The van der Waals surface area contributed by atoms with Crippen LogP contribution in [0.5, 0.6) is 5.88 Å². The number of hydrogen-bond acceptors (Lipinski definition) is 7. The molecule has 1 aliphatic carbocycles. The van der Waals surface area contributed by atoms with Gasteiger partial charge in [0.1, 0.15) is 11.9 Å². The summed E-state index contributed by atoms with van der Waals surface area (Å²) in [4.78, 5) is 2.40. The van der Waals surface area contributed by atoms with Crippen LogP contribution in [0.25, 0.3) is 0 Å². The predicted octanol–water partition coefficient (Wildman–Crippen LogP) is 2.34. The van der Waals surface area contributed by atoms with Crippen molar-refractivity contribution in [1.82, 2.24) is 10.1 Å². The highest BCUT2D eigenvalue weighted by atomic mass is 16.6. The number of aliphatic hydroxyl groups excluding tert-OH is 1. The maximum Gasteiger partial charge on any atom is 0.260 e. The van der Waals surface area contributed by atoms with E-state index in [-0.39, 0.29) is 18.1 Å². The number of hydrogen-bond donors (Lipinski definition) is 1. The third-order valence-electron chi connectivity index (χ3n) is 6.40. The molecule has 2 bridgehead atoms. The van der Waals surface area contributed by atoms with Crippen LogP contribution in [0.15, 0.2) is 16.4 Å². The standard InChI is InChI=1S/C19H26N2O5/c1-3-4-8-24-18-14-16(26-20-18)15(21-6-5-7-21)12-9-11-10-13(23-2)19(12,25-11)17(14)22/h10-12,15,17,22H,3-9H2,1-2H3/t11?,12?,15-,17?,19?/m0/s1. The molecule has 4 heterocycles. The van der Waals surface area contributed by atoms with Gasteiger partial charge in [0.2, 0.25) is 0 Å². The molecule has 2 fully saturated rings. The molecule has 1 aromatic rings. The summed E-state index contributed by atoms with van der Waals surface area (Å²) < 4.78 is 23.6. The summed E-state index contributed by atoms with van der Waals surface area (Å²) in [7, 11) is 1.65. The Balaban J connectivity index is 1.59. The molecule has 3 aliphatic heterocycles. The molecule has 0 amide bonds. The number of likely N-dealkylation sites (tertiary alicyclic amines) is 1. The first-order valence-corrected chi connectivity index (χ1v) is 9.69. The fourth-order valence-electron chi connectivity index (χ4n) is 5.06. The number of nitrogens with zero attached hydrogens (tertiary/aromatic N) is 2. The molecule has 0 aromatic carbocycles. The van der Waals surface area contributed by atoms with Crippen LogP contribution in [0.3, 0.4) is 0 Å². The number of fused-ring (bicyclic) bond motifs is 2. The Hall–Kier alpha value is -1.57. The van der Waals surface area contributed by atoms with Crippen LogP contribution in [0.4, 0.5) is 0 Å². The third kappa shape index (κ3) is 2.02. The Morgan fingerprint density at radius 2 is 2.27 bits per heavy atom. The fourth-order valence-corrected chi connectivity index (χ4v) is 5.06. The second kappa shape index (κ2) is 5.97. The molecule has 1 spiro atoms. The lowest BCUT2D eigenvalue weighted by Gasteiger charge is -2.49. The van der Waals surface area contributed by atoms with Crippen molar-refractivity contribution in [3.8, 4) is 5.88 Å². The molecule has 0 radical (unpaired) electrons. The highest BCUT2D eigenvalue weighted by Gasteiger charge is 2.68. The number of ether oxygens (including phenoxy) is 3. The maximum absolute atomic E-state index is 11.4. The fraction of sp³-hybridized carbons (Fsp3) is 0.737. The van der Waals surface area contributed by atoms with Crippen LogP contribution < -0.4 is 4.74 Å². The lowest BCUT2D eigenvalue weighted by atomic mass is 9.66. The Labute approximate surface area is 152 Å². The molecule has 5 rings (SSSR count). The van der Waals surface area contributed by atoms with Crippen molar-refractivity contribution < 1.29 is 23.8 Å². The van der Waals surface area contributed by atoms with Gasteiger partial charge in [0.05, 0.1) is 31.4 Å². The lowest BCUT2D eigenvalue weighted by molar-refractivity contribution is -0.139. The lowest BCUT2D eigenvalue weighted by Crippen LogP contribution is -2.55. The summed E-state index contributed by atoms with van der Waals surface area (Å²) in [6.45, 7) is 4.72. The van der Waals surface area contributed by atoms with Gasteiger partial charge in [-0.2, -0.15) is 0 Å². The topological polar surface area (TPSA) is 77.2 Å². The maximum atomic E-state index is 11.4. The minimum Gasteiger partial charge on any atom is -0.498 e. The Morgan fingerprint density at radius 1 is 1.42 bits per heavy atom. The third-order valence-corrected chi connectivity index (χ3v) is 6.40. The molecule has 4 aliphatic rings. The van der Waals surface area contributed by atoms with Crippen LogP contribution in [0.1, 0.15) is 56.1 Å². The van der Waals surface area contributed by atoms with Gasteiger partial charge >= 0.3 is 0 Å². The first-order chi connectivity index (χ1) is 12.7. The van der Waals surface area contributed by atoms with Crippen molar-refractivity contribution in [2.45, 2.75) is 56.5 Å². The SMILES string of the molecule is CCCCOc1noc2c1C(O)C13OC(C=C1OC)CC3[C@@H]2N1CCC1. The molecule has 7 nitrogen and oxygen atoms in total. The summed E-state index contributed by atoms with van der Waals surface area (Å²) in [6.07, 6.45) is 5.09. The average Bonchev–Trinajstić information content (AvgIpc) is 3.28. The van der Waals surface area contributed by atoms with Gasteiger partial charge in [0, 0.05) is 19.0 Å². The molecule has 7 heteroatoms. The van der Waals surface area contributed by atoms with Crippen molar-refractivity contribution in [1.29, 1.82) is 0 Å². The molecule has 2 saturated heterocycles. The van der Waals surface area contributed by atoms with Crippen LogP contribution in [-0.2, 0) is 9.47 Å². The van der Waals surface area contributed by atoms with Gasteiger partial charge < -0.3 is 23.8 Å². The van der Waals surface area contributed by atoms with Gasteiger partial charge in [-0.3, -0.25) is 4.90 Å². The Kier molecular flexibility index (Phi) is 3.81. The molecule has 1 N–H and O–H groups in total. The molecule has 4 unspecified atom stereocenters. The van der Waals surface area contributed by atoms with E-state index in [2.05, 4.69) is 17.0 Å². The summed E-state index contributed by atoms with van der Waals surface area (Å²) in [5.74, 6) is 1.95. The Bertz CT molecular complexity index is 728. The number of aromatic nitrogens is 1. The largest absolute Gasteiger partial charge is 0.498 e. The van der Waals surface area contributed by atoms with Crippen LogP contribution >= 0.6 is 0 Å². The van der Waals surface area contributed by atoms with Gasteiger partial charge in [0.15, 0.2) is 11.4 Å². The first kappa shape index (κ1) is 16.6. The quantitative estimate of drug-likeness (QED) is 0.778. The van der Waals surface area contributed by atoms with E-state index in [9.17, 15) is 5.11 Å². The number of methoxy groups -OCH3 is 1. The highest BCUT2D eigenvalue weighted by Crippen LogP contribution is 2.64. The second-order valence-electron chi connectivity index (χ2n) is 7.73. The second-order valence-corrected chi connectivity index (χ2v) is 7.73. The number of rotatable bonds is 6. The molecule has 1 aromatic heterocycles. The average molecular weight is 362 g/mol. The van der Waals surface area contributed by atoms with Crippen LogP contribution in [0.2, 0.25) is 0 Å². The van der Waals surface area contributed by atoms with E-state index in [0.29, 0.717) is 18.1 Å². The molecular weight excluding hydrogens is 336 g/mol. The molecule has 0 saturated carbocycles. The molecule has 26 heavy (non-hydrogen) atoms. The van der Waals surface area contributed by atoms with E-state index < -0.39 is 11.7 Å². The van der Waals surface area contributed by atoms with E-state index in [1.807, 2.05) is 6.08 Å². The predicted molar refractivity (Wildman–Crippen MR) is 91.6 cm³/mol. The smallest absolute Gasteiger partial charge is 0.260 e. The van der Waals surface area contributed by atoms with Crippen molar-refractivity contribution in [3.05, 3.63) is 23.2 Å². The van der Waals surface area contributed by atoms with Gasteiger partial charge in [-0.05, 0) is 30.5 Å². The van der Waals surface area contributed by atoms with E-state index in [1.54, 1.807) is 7.11 Å². The highest BCUT2D eigenvalue weighted by molar-refractivity contribution is 5.45. The number of unbranched alkanes of at least 4 members (excludes halogenated alkanes) is 1. The molecule has 142 valence electrons. The van der Waals surface area contributed by atoms with Gasteiger partial charge in [-0.1, -0.05) is 13.3 Å². The van der Waals surface area contributed by atoms with Gasteiger partial charge in [0.25, 0.3) is 5.88 Å². The Morgan fingerprint density at radius 3 is 2.96 bits per heavy atom. The van der Waals surface area contributed by atoms with Gasteiger partial charge in [-0.25, -0.2) is 0 Å². The molecular formula is C19H26N2O5. The summed E-state index contributed by atoms with van der Waals surface area (Å²) in [5, 5.41) is 15.6. The van der Waals surface area contributed by atoms with E-state index >= 15 is 0 Å². The van der Waals surface area contributed by atoms with Crippen LogP contribution in [-0.4, -0.2) is 53.7 Å². The van der Waals surface area contributed by atoms with Gasteiger partial charge in [-0.15, -0.1) is 0 Å².